The quantitative estimate of drug-likeness (QED) is 0.810. The van der Waals surface area contributed by atoms with Crippen molar-refractivity contribution in [2.24, 2.45) is 5.92 Å². The van der Waals surface area contributed by atoms with Crippen LogP contribution in [0.15, 0.2) is 47.4 Å². The molecular weight excluding hydrogens is 350 g/mol. The molecule has 0 bridgehead atoms. The number of amides is 1. The molecule has 1 fully saturated rings. The van der Waals surface area contributed by atoms with Crippen molar-refractivity contribution in [2.45, 2.75) is 26.7 Å². The second-order valence-electron chi connectivity index (χ2n) is 7.54. The molecule has 0 unspecified atom stereocenters. The molecule has 1 aromatic heterocycles. The molecule has 1 saturated heterocycles. The molecule has 1 aromatic carbocycles. The normalized spacial score (nSPS) is 15.8. The van der Waals surface area contributed by atoms with E-state index in [9.17, 15) is 9.59 Å². The molecule has 5 nitrogen and oxygen atoms in total. The first-order valence-corrected chi connectivity index (χ1v) is 9.96. The van der Waals surface area contributed by atoms with Gasteiger partial charge in [0.15, 0.2) is 0 Å². The molecule has 0 spiro atoms. The summed E-state index contributed by atoms with van der Waals surface area (Å²) < 4.78 is 0. The summed E-state index contributed by atoms with van der Waals surface area (Å²) in [5, 5.41) is 2.90. The van der Waals surface area contributed by atoms with Gasteiger partial charge in [0.1, 0.15) is 0 Å². The van der Waals surface area contributed by atoms with Crippen molar-refractivity contribution >= 4 is 12.0 Å². The van der Waals surface area contributed by atoms with Crippen LogP contribution >= 0.6 is 0 Å². The van der Waals surface area contributed by atoms with Crippen LogP contribution in [0.3, 0.4) is 0 Å². The van der Waals surface area contributed by atoms with Gasteiger partial charge in [0.2, 0.25) is 5.56 Å². The molecule has 2 aromatic rings. The Morgan fingerprint density at radius 2 is 1.93 bits per heavy atom. The SMILES string of the molecule is Cc1cccc(C)c1/C=C/C1CCN(CCNC(=O)c2cc[nH]c(=O)c2)CC1. The number of hydrogen-bond donors (Lipinski definition) is 2. The van der Waals surface area contributed by atoms with Gasteiger partial charge in [-0.05, 0) is 68.5 Å². The van der Waals surface area contributed by atoms with Crippen molar-refractivity contribution < 1.29 is 4.79 Å². The molecule has 0 aliphatic carbocycles. The molecule has 2 heterocycles. The van der Waals surface area contributed by atoms with Gasteiger partial charge < -0.3 is 15.2 Å². The maximum atomic E-state index is 12.1. The molecular formula is C23H29N3O2. The van der Waals surface area contributed by atoms with E-state index in [-0.39, 0.29) is 11.5 Å². The summed E-state index contributed by atoms with van der Waals surface area (Å²) in [6, 6.07) is 9.37. The van der Waals surface area contributed by atoms with Crippen LogP contribution in [-0.2, 0) is 0 Å². The van der Waals surface area contributed by atoms with Gasteiger partial charge in [-0.3, -0.25) is 9.59 Å². The minimum absolute atomic E-state index is 0.197. The number of likely N-dealkylation sites (tertiary alicyclic amines) is 1. The molecule has 0 atom stereocenters. The van der Waals surface area contributed by atoms with Crippen LogP contribution in [0.1, 0.15) is 39.9 Å². The first-order valence-electron chi connectivity index (χ1n) is 9.96. The largest absolute Gasteiger partial charge is 0.351 e. The highest BCUT2D eigenvalue weighted by molar-refractivity contribution is 5.93. The Kier molecular flexibility index (Phi) is 6.82. The second kappa shape index (κ2) is 9.51. The van der Waals surface area contributed by atoms with Crippen LogP contribution in [0.2, 0.25) is 0 Å². The summed E-state index contributed by atoms with van der Waals surface area (Å²) in [6.07, 6.45) is 8.43. The lowest BCUT2D eigenvalue weighted by Gasteiger charge is -2.30. The van der Waals surface area contributed by atoms with Crippen molar-refractivity contribution in [3.8, 4) is 0 Å². The Balaban J connectivity index is 1.41. The van der Waals surface area contributed by atoms with Gasteiger partial charge in [0, 0.05) is 30.9 Å². The van der Waals surface area contributed by atoms with Crippen LogP contribution < -0.4 is 10.9 Å². The van der Waals surface area contributed by atoms with Gasteiger partial charge in [-0.15, -0.1) is 0 Å². The minimum Gasteiger partial charge on any atom is -0.351 e. The van der Waals surface area contributed by atoms with E-state index in [2.05, 4.69) is 59.4 Å². The average molecular weight is 380 g/mol. The Morgan fingerprint density at radius 1 is 1.21 bits per heavy atom. The summed E-state index contributed by atoms with van der Waals surface area (Å²) in [5.74, 6) is 0.415. The summed E-state index contributed by atoms with van der Waals surface area (Å²) in [4.78, 5) is 28.3. The zero-order valence-corrected chi connectivity index (χ0v) is 16.7. The molecule has 1 amide bonds. The van der Waals surface area contributed by atoms with Crippen molar-refractivity contribution in [1.82, 2.24) is 15.2 Å². The van der Waals surface area contributed by atoms with Crippen LogP contribution in [0, 0.1) is 19.8 Å². The monoisotopic (exact) mass is 379 g/mol. The van der Waals surface area contributed by atoms with E-state index in [0.29, 0.717) is 18.0 Å². The van der Waals surface area contributed by atoms with Gasteiger partial charge >= 0.3 is 0 Å². The number of nitrogens with zero attached hydrogens (tertiary/aromatic N) is 1. The van der Waals surface area contributed by atoms with E-state index in [1.807, 2.05) is 0 Å². The molecule has 0 radical (unpaired) electrons. The van der Waals surface area contributed by atoms with Gasteiger partial charge in [-0.1, -0.05) is 30.4 Å². The van der Waals surface area contributed by atoms with Crippen molar-refractivity contribution in [3.63, 3.8) is 0 Å². The molecule has 2 N–H and O–H groups in total. The predicted octanol–water partition coefficient (Wildman–Crippen LogP) is 3.15. The third-order valence-corrected chi connectivity index (χ3v) is 5.46. The average Bonchev–Trinajstić information content (AvgIpc) is 2.68. The van der Waals surface area contributed by atoms with E-state index in [1.54, 1.807) is 6.07 Å². The number of rotatable bonds is 6. The maximum Gasteiger partial charge on any atom is 0.251 e. The standard InChI is InChI=1S/C23H29N3O2/c1-17-4-3-5-18(2)21(17)7-6-19-9-13-26(14-10-19)15-12-25-23(28)20-8-11-24-22(27)16-20/h3-8,11,16,19H,9-10,12-15H2,1-2H3,(H,24,27)(H,25,28)/b7-6+. The van der Waals surface area contributed by atoms with E-state index < -0.39 is 0 Å². The lowest BCUT2D eigenvalue weighted by atomic mass is 9.94. The van der Waals surface area contributed by atoms with Crippen molar-refractivity contribution in [3.05, 3.63) is 75.2 Å². The lowest BCUT2D eigenvalue weighted by Crippen LogP contribution is -2.39. The Labute approximate surface area is 166 Å². The molecule has 3 rings (SSSR count). The highest BCUT2D eigenvalue weighted by atomic mass is 16.2. The Hall–Kier alpha value is -2.66. The number of carbonyl (C=O) groups is 1. The van der Waals surface area contributed by atoms with E-state index in [1.165, 1.54) is 29.0 Å². The zero-order chi connectivity index (χ0) is 19.9. The number of H-pyrrole nitrogens is 1. The van der Waals surface area contributed by atoms with Crippen molar-refractivity contribution in [2.75, 3.05) is 26.2 Å². The number of aromatic amines is 1. The van der Waals surface area contributed by atoms with Crippen LogP contribution in [0.25, 0.3) is 6.08 Å². The summed E-state index contributed by atoms with van der Waals surface area (Å²) in [5.41, 5.74) is 4.13. The van der Waals surface area contributed by atoms with Crippen LogP contribution in [-0.4, -0.2) is 42.0 Å². The topological polar surface area (TPSA) is 65.2 Å². The molecule has 1 aliphatic rings. The summed E-state index contributed by atoms with van der Waals surface area (Å²) in [6.45, 7) is 7.84. The van der Waals surface area contributed by atoms with Crippen LogP contribution in [0.5, 0.6) is 0 Å². The molecule has 148 valence electrons. The fourth-order valence-electron chi connectivity index (χ4n) is 3.71. The highest BCUT2D eigenvalue weighted by Gasteiger charge is 2.17. The number of benzene rings is 1. The van der Waals surface area contributed by atoms with Gasteiger partial charge in [0.25, 0.3) is 5.91 Å². The molecule has 5 heteroatoms. The fourth-order valence-corrected chi connectivity index (χ4v) is 3.71. The van der Waals surface area contributed by atoms with Crippen LogP contribution in [0.4, 0.5) is 0 Å². The third-order valence-electron chi connectivity index (χ3n) is 5.46. The number of nitrogens with one attached hydrogen (secondary N) is 2. The van der Waals surface area contributed by atoms with Crippen molar-refractivity contribution in [1.29, 1.82) is 0 Å². The number of allylic oxidation sites excluding steroid dienone is 1. The summed E-state index contributed by atoms with van der Waals surface area (Å²) >= 11 is 0. The number of hydrogen-bond acceptors (Lipinski definition) is 3. The van der Waals surface area contributed by atoms with Gasteiger partial charge in [-0.2, -0.15) is 0 Å². The Bertz CT molecular complexity index is 872. The van der Waals surface area contributed by atoms with E-state index >= 15 is 0 Å². The number of pyridine rings is 1. The highest BCUT2D eigenvalue weighted by Crippen LogP contribution is 2.21. The smallest absolute Gasteiger partial charge is 0.251 e. The molecule has 1 aliphatic heterocycles. The number of aromatic nitrogens is 1. The minimum atomic E-state index is -0.260. The maximum absolute atomic E-state index is 12.1. The number of piperidine rings is 1. The first-order chi connectivity index (χ1) is 13.5. The van der Waals surface area contributed by atoms with E-state index in [4.69, 9.17) is 0 Å². The molecule has 28 heavy (non-hydrogen) atoms. The number of carbonyl (C=O) groups excluding carboxylic acids is 1. The Morgan fingerprint density at radius 3 is 2.61 bits per heavy atom. The lowest BCUT2D eigenvalue weighted by molar-refractivity contribution is 0.0945. The predicted molar refractivity (Wildman–Crippen MR) is 114 cm³/mol. The summed E-state index contributed by atoms with van der Waals surface area (Å²) in [7, 11) is 0. The zero-order valence-electron chi connectivity index (χ0n) is 16.7. The fraction of sp³-hybridized carbons (Fsp3) is 0.391. The molecule has 0 saturated carbocycles. The first kappa shape index (κ1) is 20.1. The van der Waals surface area contributed by atoms with E-state index in [0.717, 1.165) is 32.5 Å². The van der Waals surface area contributed by atoms with Gasteiger partial charge in [0.05, 0.1) is 0 Å². The second-order valence-corrected chi connectivity index (χ2v) is 7.54. The third kappa shape index (κ3) is 5.42. The van der Waals surface area contributed by atoms with Gasteiger partial charge in [-0.25, -0.2) is 0 Å². The number of aryl methyl sites for hydroxylation is 2.